The second kappa shape index (κ2) is 6.67. The highest BCUT2D eigenvalue weighted by Crippen LogP contribution is 2.79. The van der Waals surface area contributed by atoms with Crippen molar-refractivity contribution >= 4 is 17.7 Å². The summed E-state index contributed by atoms with van der Waals surface area (Å²) in [7, 11) is 0. The predicted octanol–water partition coefficient (Wildman–Crippen LogP) is 4.56. The number of allylic oxidation sites excluding steroid dienone is 2. The lowest BCUT2D eigenvalue weighted by atomic mass is 9.35. The smallest absolute Gasteiger partial charge is 0.339 e. The lowest BCUT2D eigenvalue weighted by Crippen LogP contribution is -2.72. The van der Waals surface area contributed by atoms with Crippen molar-refractivity contribution in [1.29, 1.82) is 0 Å². The van der Waals surface area contributed by atoms with Crippen LogP contribution in [0.4, 0.5) is 0 Å². The SMILES string of the molecule is CC(=O)O[C@@H]1C[C@H]2C(C)(C)C(=O)C=C[C@@]2(C)[C@@H]2CC[C@]3(C)[C@H](c4ccoc4)OC(=O)[C@@H]4O[C@]43[C@@]12C. The highest BCUT2D eigenvalue weighted by atomic mass is 16.7. The summed E-state index contributed by atoms with van der Waals surface area (Å²) in [5.74, 6) is -0.603. The summed E-state index contributed by atoms with van der Waals surface area (Å²) in [4.78, 5) is 38.6. The molecule has 1 aromatic rings. The minimum Gasteiger partial charge on any atom is -0.472 e. The molecule has 6 rings (SSSR count). The van der Waals surface area contributed by atoms with E-state index in [-0.39, 0.29) is 35.0 Å². The molecule has 0 aromatic carbocycles. The van der Waals surface area contributed by atoms with E-state index in [9.17, 15) is 14.4 Å². The molecule has 0 N–H and O–H groups in total. The fourth-order valence-electron chi connectivity index (χ4n) is 9.20. The van der Waals surface area contributed by atoms with E-state index in [1.807, 2.05) is 19.9 Å². The van der Waals surface area contributed by atoms with Crippen LogP contribution in [0.5, 0.6) is 0 Å². The third-order valence-corrected chi connectivity index (χ3v) is 10.8. The highest BCUT2D eigenvalue weighted by molar-refractivity contribution is 5.95. The zero-order valence-electron chi connectivity index (χ0n) is 21.3. The first-order valence-electron chi connectivity index (χ1n) is 12.7. The van der Waals surface area contributed by atoms with E-state index in [1.165, 1.54) is 6.92 Å². The standard InChI is InChI=1S/C28H34O7/c1-15(29)33-20-13-18-24(2,3)19(30)8-10-25(18,4)17-7-11-26(5)21(16-9-12-32-14-16)34-23(31)22-28(26,35-22)27(17,20)6/h8-10,12,14,17-18,20-22H,7,11,13H2,1-6H3/t17-,18-,20+,21-,22-,25-,26+,27+,28+/m0/s1. The minimum absolute atomic E-state index is 0.00639. The molecule has 1 spiro atoms. The Labute approximate surface area is 205 Å². The third-order valence-electron chi connectivity index (χ3n) is 10.8. The van der Waals surface area contributed by atoms with E-state index in [4.69, 9.17) is 18.6 Å². The second-order valence-electron chi connectivity index (χ2n) is 12.6. The highest BCUT2D eigenvalue weighted by Gasteiger charge is 2.88. The van der Waals surface area contributed by atoms with E-state index >= 15 is 0 Å². The summed E-state index contributed by atoms with van der Waals surface area (Å²) in [5.41, 5.74) is -2.15. The number of carbonyl (C=O) groups is 3. The monoisotopic (exact) mass is 482 g/mol. The Kier molecular flexibility index (Phi) is 4.38. The van der Waals surface area contributed by atoms with E-state index in [0.717, 1.165) is 18.4 Å². The van der Waals surface area contributed by atoms with Gasteiger partial charge in [-0.05, 0) is 48.7 Å². The van der Waals surface area contributed by atoms with E-state index in [0.29, 0.717) is 6.42 Å². The summed E-state index contributed by atoms with van der Waals surface area (Å²) < 4.78 is 24.0. The van der Waals surface area contributed by atoms with Crippen LogP contribution in [0.25, 0.3) is 0 Å². The lowest BCUT2D eigenvalue weighted by molar-refractivity contribution is -0.251. The summed E-state index contributed by atoms with van der Waals surface area (Å²) in [6.07, 6.45) is 7.46. The number of ether oxygens (including phenoxy) is 3. The summed E-state index contributed by atoms with van der Waals surface area (Å²) >= 11 is 0. The molecule has 0 amide bonds. The van der Waals surface area contributed by atoms with Gasteiger partial charge in [-0.3, -0.25) is 9.59 Å². The Hall–Kier alpha value is -2.41. The number of fused-ring (bicyclic) bond motifs is 3. The summed E-state index contributed by atoms with van der Waals surface area (Å²) in [6, 6.07) is 1.84. The van der Waals surface area contributed by atoms with Crippen molar-refractivity contribution in [2.24, 2.45) is 33.5 Å². The molecule has 7 heteroatoms. The van der Waals surface area contributed by atoms with Gasteiger partial charge in [-0.15, -0.1) is 0 Å². The van der Waals surface area contributed by atoms with Gasteiger partial charge in [-0.25, -0.2) is 4.79 Å². The molecule has 2 aliphatic heterocycles. The van der Waals surface area contributed by atoms with Crippen molar-refractivity contribution in [3.8, 4) is 0 Å². The predicted molar refractivity (Wildman–Crippen MR) is 124 cm³/mol. The van der Waals surface area contributed by atoms with Crippen LogP contribution < -0.4 is 0 Å². The number of carbonyl (C=O) groups excluding carboxylic acids is 3. The van der Waals surface area contributed by atoms with Crippen LogP contribution in [0.3, 0.4) is 0 Å². The quantitative estimate of drug-likeness (QED) is 0.450. The number of epoxide rings is 1. The van der Waals surface area contributed by atoms with Gasteiger partial charge in [-0.2, -0.15) is 0 Å². The third kappa shape index (κ3) is 2.48. The molecule has 5 aliphatic rings. The molecule has 0 radical (unpaired) electrons. The van der Waals surface area contributed by atoms with E-state index < -0.39 is 40.2 Å². The van der Waals surface area contributed by atoms with Crippen molar-refractivity contribution in [2.45, 2.75) is 84.7 Å². The first kappa shape index (κ1) is 23.0. The van der Waals surface area contributed by atoms with Gasteiger partial charge in [0.05, 0.1) is 12.5 Å². The van der Waals surface area contributed by atoms with Crippen molar-refractivity contribution < 1.29 is 33.0 Å². The maximum atomic E-state index is 13.2. The van der Waals surface area contributed by atoms with Gasteiger partial charge in [0, 0.05) is 28.7 Å². The van der Waals surface area contributed by atoms with Crippen LogP contribution in [0.2, 0.25) is 0 Å². The molecule has 0 bridgehead atoms. The molecule has 2 saturated heterocycles. The Balaban J connectivity index is 1.55. The molecule has 35 heavy (non-hydrogen) atoms. The van der Waals surface area contributed by atoms with Gasteiger partial charge in [0.25, 0.3) is 0 Å². The van der Waals surface area contributed by atoms with Gasteiger partial charge in [-0.1, -0.05) is 40.7 Å². The second-order valence-corrected chi connectivity index (χ2v) is 12.6. The van der Waals surface area contributed by atoms with Crippen molar-refractivity contribution in [3.63, 3.8) is 0 Å². The molecule has 3 heterocycles. The van der Waals surface area contributed by atoms with Gasteiger partial charge in [0.1, 0.15) is 17.8 Å². The number of furan rings is 1. The van der Waals surface area contributed by atoms with Crippen LogP contribution >= 0.6 is 0 Å². The average molecular weight is 483 g/mol. The number of ketones is 1. The van der Waals surface area contributed by atoms with Crippen molar-refractivity contribution in [1.82, 2.24) is 0 Å². The van der Waals surface area contributed by atoms with Gasteiger partial charge in [0.2, 0.25) is 0 Å². The van der Waals surface area contributed by atoms with E-state index in [1.54, 1.807) is 18.6 Å². The summed E-state index contributed by atoms with van der Waals surface area (Å²) in [5, 5.41) is 0. The molecule has 2 saturated carbocycles. The number of hydrogen-bond acceptors (Lipinski definition) is 7. The first-order valence-corrected chi connectivity index (χ1v) is 12.7. The van der Waals surface area contributed by atoms with Crippen molar-refractivity contribution in [2.75, 3.05) is 0 Å². The largest absolute Gasteiger partial charge is 0.472 e. The Morgan fingerprint density at radius 3 is 2.49 bits per heavy atom. The average Bonchev–Trinajstić information content (AvgIpc) is 3.35. The fourth-order valence-corrected chi connectivity index (χ4v) is 9.20. The maximum absolute atomic E-state index is 13.2. The zero-order chi connectivity index (χ0) is 25.2. The molecule has 1 aromatic heterocycles. The number of hydrogen-bond donors (Lipinski definition) is 0. The van der Waals surface area contributed by atoms with Gasteiger partial charge < -0.3 is 18.6 Å². The fraction of sp³-hybridized carbons (Fsp3) is 0.679. The van der Waals surface area contributed by atoms with Crippen LogP contribution in [0, 0.1) is 33.5 Å². The maximum Gasteiger partial charge on any atom is 0.339 e. The zero-order valence-corrected chi connectivity index (χ0v) is 21.3. The molecule has 0 unspecified atom stereocenters. The molecule has 4 fully saturated rings. The van der Waals surface area contributed by atoms with Crippen LogP contribution in [-0.2, 0) is 28.6 Å². The number of esters is 2. The Bertz CT molecular complexity index is 1150. The lowest BCUT2D eigenvalue weighted by Gasteiger charge is -2.68. The molecule has 3 aliphatic carbocycles. The van der Waals surface area contributed by atoms with Crippen molar-refractivity contribution in [3.05, 3.63) is 36.3 Å². The van der Waals surface area contributed by atoms with Gasteiger partial charge >= 0.3 is 11.9 Å². The number of cyclic esters (lactones) is 1. The molecule has 188 valence electrons. The van der Waals surface area contributed by atoms with E-state index in [2.05, 4.69) is 26.8 Å². The molecule has 9 atom stereocenters. The number of rotatable bonds is 2. The molecular formula is C28H34O7. The Morgan fingerprint density at radius 2 is 1.83 bits per heavy atom. The molecule has 7 nitrogen and oxygen atoms in total. The summed E-state index contributed by atoms with van der Waals surface area (Å²) in [6.45, 7) is 12.0. The Morgan fingerprint density at radius 1 is 1.09 bits per heavy atom. The first-order chi connectivity index (χ1) is 16.3. The van der Waals surface area contributed by atoms with Crippen LogP contribution in [-0.4, -0.2) is 35.5 Å². The van der Waals surface area contributed by atoms with Gasteiger partial charge in [0.15, 0.2) is 11.9 Å². The normalized spacial score (nSPS) is 49.1. The minimum atomic E-state index is -0.853. The molecular weight excluding hydrogens is 448 g/mol. The van der Waals surface area contributed by atoms with Crippen LogP contribution in [0.1, 0.15) is 72.5 Å². The van der Waals surface area contributed by atoms with Crippen LogP contribution in [0.15, 0.2) is 35.2 Å². The topological polar surface area (TPSA) is 95.3 Å².